The van der Waals surface area contributed by atoms with E-state index in [0.29, 0.717) is 5.92 Å². The van der Waals surface area contributed by atoms with Crippen LogP contribution in [-0.4, -0.2) is 43.4 Å². The fourth-order valence-electron chi connectivity index (χ4n) is 4.65. The first kappa shape index (κ1) is 22.7. The van der Waals surface area contributed by atoms with Crippen LogP contribution in [0.4, 0.5) is 4.39 Å². The normalized spacial score (nSPS) is 16.9. The number of carboxylic acid groups (broad SMARTS) is 2. The second-order valence-corrected chi connectivity index (χ2v) is 8.40. The lowest BCUT2D eigenvalue weighted by Gasteiger charge is -2.25. The molecule has 0 bridgehead atoms. The number of halogens is 1. The van der Waals surface area contributed by atoms with Crippen LogP contribution in [0.25, 0.3) is 5.69 Å². The minimum absolute atomic E-state index is 0.204. The summed E-state index contributed by atoms with van der Waals surface area (Å²) in [6.45, 7) is 3.27. The van der Waals surface area contributed by atoms with E-state index in [0.717, 1.165) is 31.7 Å². The minimum atomic E-state index is -1.82. The van der Waals surface area contributed by atoms with E-state index in [9.17, 15) is 4.39 Å². The van der Waals surface area contributed by atoms with E-state index < -0.39 is 11.9 Å². The van der Waals surface area contributed by atoms with Crippen LogP contribution in [0.2, 0.25) is 0 Å². The van der Waals surface area contributed by atoms with E-state index in [2.05, 4.69) is 34.3 Å². The van der Waals surface area contributed by atoms with E-state index in [1.54, 1.807) is 0 Å². The largest absolute Gasteiger partial charge is 0.473 e. The number of rotatable bonds is 4. The highest BCUT2D eigenvalue weighted by Gasteiger charge is 2.26. The van der Waals surface area contributed by atoms with Gasteiger partial charge in [0.25, 0.3) is 0 Å². The summed E-state index contributed by atoms with van der Waals surface area (Å²) < 4.78 is 15.2. The van der Waals surface area contributed by atoms with Gasteiger partial charge in [-0.15, -0.1) is 0 Å². The van der Waals surface area contributed by atoms with Crippen LogP contribution < -0.4 is 0 Å². The Labute approximate surface area is 191 Å². The van der Waals surface area contributed by atoms with Gasteiger partial charge in [0.15, 0.2) is 0 Å². The molecule has 8 heteroatoms. The van der Waals surface area contributed by atoms with E-state index >= 15 is 0 Å². The van der Waals surface area contributed by atoms with Crippen molar-refractivity contribution in [2.24, 2.45) is 0 Å². The molecule has 0 amide bonds. The van der Waals surface area contributed by atoms with Gasteiger partial charge in [-0.05, 0) is 79.1 Å². The number of aromatic nitrogens is 2. The SMILES string of the molecule is Fc1ccc(-n2ncc3c2CCCC3CCN2Cc3ccccc3C2)cc1.O=C(O)C(=O)O. The average Bonchev–Trinajstić information content (AvgIpc) is 3.43. The van der Waals surface area contributed by atoms with Crippen LogP contribution in [-0.2, 0) is 29.1 Å². The molecule has 1 atom stereocenters. The zero-order chi connectivity index (χ0) is 23.4. The zero-order valence-electron chi connectivity index (χ0n) is 18.2. The third kappa shape index (κ3) is 5.28. The number of nitrogens with zero attached hydrogens (tertiary/aromatic N) is 3. The molecule has 0 fully saturated rings. The molecule has 1 aromatic heterocycles. The van der Waals surface area contributed by atoms with Gasteiger partial charge >= 0.3 is 11.9 Å². The molecule has 172 valence electrons. The lowest BCUT2D eigenvalue weighted by Crippen LogP contribution is -2.21. The molecule has 2 aromatic carbocycles. The van der Waals surface area contributed by atoms with Gasteiger partial charge in [-0.2, -0.15) is 5.10 Å². The van der Waals surface area contributed by atoms with Gasteiger partial charge in [-0.3, -0.25) is 4.90 Å². The highest BCUT2D eigenvalue weighted by molar-refractivity contribution is 6.27. The summed E-state index contributed by atoms with van der Waals surface area (Å²) in [6, 6.07) is 15.4. The van der Waals surface area contributed by atoms with Crippen molar-refractivity contribution in [2.45, 2.75) is 44.7 Å². The van der Waals surface area contributed by atoms with Gasteiger partial charge in [0.1, 0.15) is 5.82 Å². The first-order valence-corrected chi connectivity index (χ1v) is 11.0. The number of carboxylic acids is 2. The molecule has 0 spiro atoms. The fourth-order valence-corrected chi connectivity index (χ4v) is 4.65. The summed E-state index contributed by atoms with van der Waals surface area (Å²) in [5, 5.41) is 19.4. The molecule has 2 heterocycles. The Balaban J connectivity index is 0.000000385. The van der Waals surface area contributed by atoms with Gasteiger partial charge in [0, 0.05) is 18.8 Å². The van der Waals surface area contributed by atoms with Gasteiger partial charge in [-0.1, -0.05) is 24.3 Å². The number of hydrogen-bond donors (Lipinski definition) is 2. The van der Waals surface area contributed by atoms with E-state index in [1.165, 1.54) is 53.8 Å². The molecule has 33 heavy (non-hydrogen) atoms. The van der Waals surface area contributed by atoms with Crippen molar-refractivity contribution in [3.05, 3.63) is 82.9 Å². The van der Waals surface area contributed by atoms with Crippen molar-refractivity contribution in [3.8, 4) is 5.69 Å². The van der Waals surface area contributed by atoms with Gasteiger partial charge < -0.3 is 10.2 Å². The molecule has 5 rings (SSSR count). The van der Waals surface area contributed by atoms with Crippen molar-refractivity contribution in [1.29, 1.82) is 0 Å². The van der Waals surface area contributed by atoms with Crippen LogP contribution in [0.5, 0.6) is 0 Å². The van der Waals surface area contributed by atoms with Crippen LogP contribution >= 0.6 is 0 Å². The lowest BCUT2D eigenvalue weighted by atomic mass is 9.84. The molecule has 2 aliphatic rings. The Morgan fingerprint density at radius 2 is 1.64 bits per heavy atom. The quantitative estimate of drug-likeness (QED) is 0.583. The Hall–Kier alpha value is -3.52. The molecule has 3 aromatic rings. The first-order valence-electron chi connectivity index (χ1n) is 11.0. The highest BCUT2D eigenvalue weighted by Crippen LogP contribution is 2.35. The fraction of sp³-hybridized carbons (Fsp3) is 0.320. The van der Waals surface area contributed by atoms with Crippen LogP contribution in [0.3, 0.4) is 0 Å². The number of benzene rings is 2. The van der Waals surface area contributed by atoms with Gasteiger partial charge in [0.2, 0.25) is 0 Å². The standard InChI is InChI=1S/C23H24FN3.C2H2O4/c24-20-8-10-21(11-9-20)27-23-7-3-6-17(22(23)14-25-27)12-13-26-15-18-4-1-2-5-19(18)16-26;3-1(4)2(5)6/h1-2,4-5,8-11,14,17H,3,6-7,12-13,15-16H2;(H,3,4)(H,5,6). The predicted octanol–water partition coefficient (Wildman–Crippen LogP) is 3.99. The third-order valence-corrected chi connectivity index (χ3v) is 6.26. The number of carbonyl (C=O) groups is 2. The summed E-state index contributed by atoms with van der Waals surface area (Å²) in [5.41, 5.74) is 6.61. The minimum Gasteiger partial charge on any atom is -0.473 e. The first-order chi connectivity index (χ1) is 15.9. The highest BCUT2D eigenvalue weighted by atomic mass is 19.1. The molecule has 1 aliphatic carbocycles. The van der Waals surface area contributed by atoms with Crippen LogP contribution in [0.1, 0.15) is 47.6 Å². The zero-order valence-corrected chi connectivity index (χ0v) is 18.2. The Morgan fingerprint density at radius 1 is 1.00 bits per heavy atom. The number of hydrogen-bond acceptors (Lipinski definition) is 4. The monoisotopic (exact) mass is 451 g/mol. The van der Waals surface area contributed by atoms with Crippen LogP contribution in [0.15, 0.2) is 54.7 Å². The summed E-state index contributed by atoms with van der Waals surface area (Å²) in [5.74, 6) is -3.28. The van der Waals surface area contributed by atoms with Gasteiger partial charge in [0.05, 0.1) is 11.9 Å². The summed E-state index contributed by atoms with van der Waals surface area (Å²) >= 11 is 0. The van der Waals surface area contributed by atoms with Crippen molar-refractivity contribution in [2.75, 3.05) is 6.54 Å². The second kappa shape index (κ2) is 9.95. The lowest BCUT2D eigenvalue weighted by molar-refractivity contribution is -0.159. The maximum absolute atomic E-state index is 13.2. The number of aliphatic carboxylic acids is 2. The molecule has 0 saturated carbocycles. The predicted molar refractivity (Wildman–Crippen MR) is 120 cm³/mol. The second-order valence-electron chi connectivity index (χ2n) is 8.40. The van der Waals surface area contributed by atoms with E-state index in [4.69, 9.17) is 19.8 Å². The number of fused-ring (bicyclic) bond motifs is 2. The molecule has 0 saturated heterocycles. The van der Waals surface area contributed by atoms with E-state index in [-0.39, 0.29) is 5.82 Å². The molecule has 2 N–H and O–H groups in total. The molecule has 0 radical (unpaired) electrons. The smallest absolute Gasteiger partial charge is 0.414 e. The van der Waals surface area contributed by atoms with E-state index in [1.807, 2.05) is 23.0 Å². The Morgan fingerprint density at radius 3 is 2.24 bits per heavy atom. The average molecular weight is 451 g/mol. The Kier molecular flexibility index (Phi) is 6.84. The summed E-state index contributed by atoms with van der Waals surface area (Å²) in [4.78, 5) is 20.8. The van der Waals surface area contributed by atoms with Crippen molar-refractivity contribution in [3.63, 3.8) is 0 Å². The third-order valence-electron chi connectivity index (χ3n) is 6.26. The van der Waals surface area contributed by atoms with Crippen molar-refractivity contribution >= 4 is 11.9 Å². The molecule has 1 unspecified atom stereocenters. The summed E-state index contributed by atoms with van der Waals surface area (Å²) in [6.07, 6.45) is 6.71. The molecular weight excluding hydrogens is 425 g/mol. The van der Waals surface area contributed by atoms with Gasteiger partial charge in [-0.25, -0.2) is 18.7 Å². The molecule has 1 aliphatic heterocycles. The van der Waals surface area contributed by atoms with Crippen molar-refractivity contribution < 1.29 is 24.2 Å². The molecule has 7 nitrogen and oxygen atoms in total. The van der Waals surface area contributed by atoms with Crippen molar-refractivity contribution in [1.82, 2.24) is 14.7 Å². The topological polar surface area (TPSA) is 95.7 Å². The maximum atomic E-state index is 13.2. The maximum Gasteiger partial charge on any atom is 0.414 e. The Bertz CT molecular complexity index is 1110. The molecular formula is C25H26FN3O4. The summed E-state index contributed by atoms with van der Waals surface area (Å²) in [7, 11) is 0. The van der Waals surface area contributed by atoms with Crippen LogP contribution in [0, 0.1) is 5.82 Å².